The molecule has 12 nitrogen and oxygen atoms in total. The van der Waals surface area contributed by atoms with E-state index in [0.29, 0.717) is 82.9 Å². The molecule has 4 saturated heterocycles. The van der Waals surface area contributed by atoms with E-state index < -0.39 is 18.4 Å². The molecule has 8 rings (SSSR count). The summed E-state index contributed by atoms with van der Waals surface area (Å²) < 4.78 is 61.5. The lowest BCUT2D eigenvalue weighted by molar-refractivity contribution is -0.153. The number of halogens is 3. The van der Waals surface area contributed by atoms with Gasteiger partial charge >= 0.3 is 12.3 Å². The minimum Gasteiger partial charge on any atom is -0.481 e. The molecule has 1 aromatic carbocycles. The number of ether oxygens (including phenoxy) is 3. The molecule has 0 bridgehead atoms. The molecule has 0 aliphatic carbocycles. The molecule has 1 N–H and O–H groups in total. The van der Waals surface area contributed by atoms with Crippen LogP contribution in [0.1, 0.15) is 89.3 Å². The number of aromatic nitrogens is 5. The Bertz CT molecular complexity index is 2070. The predicted molar refractivity (Wildman–Crippen MR) is 203 cm³/mol. The molecule has 1 spiro atoms. The molecule has 7 heterocycles. The fourth-order valence-corrected chi connectivity index (χ4v) is 8.53. The number of alkyl halides is 3. The molecular formula is C40H49F3N8O4. The smallest absolute Gasteiger partial charge is 0.422 e. The average molecular weight is 763 g/mol. The van der Waals surface area contributed by atoms with Crippen LogP contribution in [0.2, 0.25) is 0 Å². The summed E-state index contributed by atoms with van der Waals surface area (Å²) in [6.45, 7) is 13.0. The first-order chi connectivity index (χ1) is 26.3. The quantitative estimate of drug-likeness (QED) is 0.201. The minimum absolute atomic E-state index is 0.0139. The Hall–Kier alpha value is -4.50. The number of amides is 1. The van der Waals surface area contributed by atoms with Crippen LogP contribution in [0, 0.1) is 5.41 Å². The third kappa shape index (κ3) is 7.57. The highest BCUT2D eigenvalue weighted by atomic mass is 19.4. The molecule has 4 aliphatic heterocycles. The number of anilines is 1. The number of likely N-dealkylation sites (tertiary alicyclic amines) is 1. The fraction of sp³-hybridized carbons (Fsp3) is 0.575. The first-order valence-corrected chi connectivity index (χ1v) is 19.4. The van der Waals surface area contributed by atoms with Crippen molar-refractivity contribution < 1.29 is 32.2 Å². The van der Waals surface area contributed by atoms with Gasteiger partial charge in [-0.15, -0.1) is 0 Å². The van der Waals surface area contributed by atoms with Crippen molar-refractivity contribution in [3.63, 3.8) is 0 Å². The van der Waals surface area contributed by atoms with Crippen LogP contribution in [0.5, 0.6) is 5.75 Å². The fourth-order valence-electron chi connectivity index (χ4n) is 8.53. The van der Waals surface area contributed by atoms with Crippen LogP contribution in [-0.2, 0) is 9.47 Å². The van der Waals surface area contributed by atoms with E-state index in [-0.39, 0.29) is 29.4 Å². The Morgan fingerprint density at radius 1 is 1.05 bits per heavy atom. The summed E-state index contributed by atoms with van der Waals surface area (Å²) in [7, 11) is 0. The molecular weight excluding hydrogens is 713 g/mol. The number of piperidine rings is 2. The monoisotopic (exact) mass is 762 g/mol. The number of rotatable bonds is 7. The van der Waals surface area contributed by atoms with Crippen molar-refractivity contribution >= 4 is 39.8 Å². The highest BCUT2D eigenvalue weighted by molar-refractivity contribution is 6.06. The summed E-state index contributed by atoms with van der Waals surface area (Å²) in [5, 5.41) is 9.38. The van der Waals surface area contributed by atoms with Gasteiger partial charge in [-0.2, -0.15) is 18.3 Å². The summed E-state index contributed by atoms with van der Waals surface area (Å²) in [4.78, 5) is 31.6. The van der Waals surface area contributed by atoms with Crippen LogP contribution in [0.4, 0.5) is 23.8 Å². The third-order valence-corrected chi connectivity index (χ3v) is 11.3. The van der Waals surface area contributed by atoms with Gasteiger partial charge < -0.3 is 29.3 Å². The largest absolute Gasteiger partial charge is 0.481 e. The number of nitrogens with one attached hydrogen (secondary N) is 1. The number of pyridine rings is 1. The van der Waals surface area contributed by atoms with E-state index in [1.165, 1.54) is 0 Å². The molecule has 1 amide bonds. The van der Waals surface area contributed by atoms with Crippen molar-refractivity contribution in [2.75, 3.05) is 57.4 Å². The maximum atomic E-state index is 14.1. The lowest BCUT2D eigenvalue weighted by Crippen LogP contribution is -2.62. The standard InChI is InChI=1S/C40H49F3N8O4/c1-5-25-18-27-33(34(54-24-40(41,42)43)32(25)29-19-45-21-30-28(29)20-46-51(30)31-8-6-7-17-53-31)47-35(26-9-13-44-14-10-26)48-36(27)49-15-11-39(12-16-49)22-50(23-39)37(52)55-38(2,3)4/h5,18-21,26,31,44H,1,6-17,22-24H2,2-4H3. The summed E-state index contributed by atoms with van der Waals surface area (Å²) in [6.07, 6.45) is 7.59. The molecule has 15 heteroatoms. The zero-order valence-electron chi connectivity index (χ0n) is 31.8. The van der Waals surface area contributed by atoms with Gasteiger partial charge in [-0.3, -0.25) is 4.98 Å². The van der Waals surface area contributed by atoms with Crippen molar-refractivity contribution in [2.24, 2.45) is 5.41 Å². The van der Waals surface area contributed by atoms with Crippen molar-refractivity contribution in [3.8, 4) is 16.9 Å². The Labute approximate surface area is 318 Å². The average Bonchev–Trinajstić information content (AvgIpc) is 3.60. The second kappa shape index (κ2) is 14.5. The SMILES string of the molecule is C=Cc1cc2c(N3CCC4(CC3)CN(C(=O)OC(C)(C)C)C4)nc(C3CCNCC3)nc2c(OCC(F)(F)F)c1-c1cncc2c1cnn2C1CCCCO1. The van der Waals surface area contributed by atoms with Gasteiger partial charge in [0, 0.05) is 72.2 Å². The minimum atomic E-state index is -4.61. The number of fused-ring (bicyclic) bond motifs is 2. The number of carbonyl (C=O) groups is 1. The summed E-state index contributed by atoms with van der Waals surface area (Å²) >= 11 is 0. The Balaban J connectivity index is 1.23. The lowest BCUT2D eigenvalue weighted by Gasteiger charge is -2.53. The normalized spacial score (nSPS) is 20.9. The number of carbonyl (C=O) groups excluding carboxylic acids is 1. The van der Waals surface area contributed by atoms with E-state index in [9.17, 15) is 18.0 Å². The van der Waals surface area contributed by atoms with Crippen LogP contribution in [0.3, 0.4) is 0 Å². The zero-order chi connectivity index (χ0) is 38.5. The number of hydrogen-bond acceptors (Lipinski definition) is 10. The van der Waals surface area contributed by atoms with E-state index >= 15 is 0 Å². The molecule has 294 valence electrons. The second-order valence-electron chi connectivity index (χ2n) is 16.5. The van der Waals surface area contributed by atoms with Gasteiger partial charge in [-0.1, -0.05) is 12.7 Å². The van der Waals surface area contributed by atoms with Crippen LogP contribution in [0.25, 0.3) is 39.0 Å². The van der Waals surface area contributed by atoms with Gasteiger partial charge in [0.2, 0.25) is 0 Å². The van der Waals surface area contributed by atoms with E-state index in [1.54, 1.807) is 29.6 Å². The van der Waals surface area contributed by atoms with E-state index in [0.717, 1.165) is 58.0 Å². The molecule has 1 atom stereocenters. The van der Waals surface area contributed by atoms with Crippen molar-refractivity contribution in [2.45, 2.75) is 89.6 Å². The van der Waals surface area contributed by atoms with Crippen LogP contribution in [-0.4, -0.2) is 100.0 Å². The Morgan fingerprint density at radius 2 is 1.82 bits per heavy atom. The Kier molecular flexibility index (Phi) is 9.89. The van der Waals surface area contributed by atoms with Crippen LogP contribution in [0.15, 0.2) is 31.2 Å². The molecule has 4 fully saturated rings. The van der Waals surface area contributed by atoms with Gasteiger partial charge in [-0.25, -0.2) is 19.4 Å². The third-order valence-electron chi connectivity index (χ3n) is 11.3. The summed E-state index contributed by atoms with van der Waals surface area (Å²) in [6, 6.07) is 1.92. The molecule has 4 aromatic rings. The van der Waals surface area contributed by atoms with Crippen LogP contribution >= 0.6 is 0 Å². The molecule has 4 aliphatic rings. The van der Waals surface area contributed by atoms with Crippen molar-refractivity contribution in [3.05, 3.63) is 42.6 Å². The summed E-state index contributed by atoms with van der Waals surface area (Å²) in [5.41, 5.74) is 2.01. The Morgan fingerprint density at radius 3 is 2.49 bits per heavy atom. The highest BCUT2D eigenvalue weighted by Gasteiger charge is 2.48. The van der Waals surface area contributed by atoms with Crippen molar-refractivity contribution in [1.29, 1.82) is 0 Å². The highest BCUT2D eigenvalue weighted by Crippen LogP contribution is 2.47. The molecule has 0 radical (unpaired) electrons. The van der Waals surface area contributed by atoms with Crippen LogP contribution < -0.4 is 15.0 Å². The van der Waals surface area contributed by atoms with E-state index in [1.807, 2.05) is 31.5 Å². The topological polar surface area (TPSA) is 120 Å². The van der Waals surface area contributed by atoms with Gasteiger partial charge in [0.05, 0.1) is 17.9 Å². The van der Waals surface area contributed by atoms with Gasteiger partial charge in [0.15, 0.2) is 18.6 Å². The molecule has 3 aromatic heterocycles. The second-order valence-corrected chi connectivity index (χ2v) is 16.5. The molecule has 55 heavy (non-hydrogen) atoms. The first kappa shape index (κ1) is 37.4. The number of nitrogens with zero attached hydrogens (tertiary/aromatic N) is 7. The number of benzene rings is 1. The number of hydrogen-bond donors (Lipinski definition) is 1. The molecule has 1 unspecified atom stereocenters. The first-order valence-electron chi connectivity index (χ1n) is 19.4. The van der Waals surface area contributed by atoms with Gasteiger partial charge in [0.1, 0.15) is 22.8 Å². The van der Waals surface area contributed by atoms with E-state index in [2.05, 4.69) is 26.9 Å². The predicted octanol–water partition coefficient (Wildman–Crippen LogP) is 7.63. The zero-order valence-corrected chi connectivity index (χ0v) is 31.8. The molecule has 0 saturated carbocycles. The van der Waals surface area contributed by atoms with Crippen molar-refractivity contribution in [1.82, 2.24) is 34.9 Å². The maximum Gasteiger partial charge on any atom is 0.422 e. The van der Waals surface area contributed by atoms with E-state index in [4.69, 9.17) is 24.2 Å². The maximum absolute atomic E-state index is 14.1. The van der Waals surface area contributed by atoms with Gasteiger partial charge in [-0.05, 0) is 90.4 Å². The van der Waals surface area contributed by atoms with Gasteiger partial charge in [0.25, 0.3) is 0 Å². The summed E-state index contributed by atoms with van der Waals surface area (Å²) in [5.74, 6) is 1.30. The lowest BCUT2D eigenvalue weighted by atomic mass is 9.72.